The van der Waals surface area contributed by atoms with Crippen molar-refractivity contribution in [3.05, 3.63) is 131 Å². The minimum Gasteiger partial charge on any atom is -0.508 e. The number of aromatic nitrogens is 2. The van der Waals surface area contributed by atoms with Crippen LogP contribution in [0.15, 0.2) is 103 Å². The van der Waals surface area contributed by atoms with Gasteiger partial charge in [0.05, 0.1) is 29.4 Å². The molecule has 2 aliphatic rings. The van der Waals surface area contributed by atoms with Gasteiger partial charge in [0.1, 0.15) is 17.3 Å². The summed E-state index contributed by atoms with van der Waals surface area (Å²) < 4.78 is 0. The number of H-pyrrole nitrogens is 1. The molecule has 2 aromatic heterocycles. The quantitative estimate of drug-likeness (QED) is 0.0220. The number of aliphatic carboxylic acids is 1. The van der Waals surface area contributed by atoms with Crippen LogP contribution < -0.4 is 5.73 Å². The van der Waals surface area contributed by atoms with E-state index in [4.69, 9.17) is 5.73 Å². The summed E-state index contributed by atoms with van der Waals surface area (Å²) in [6.07, 6.45) is 17.0. The Morgan fingerprint density at radius 3 is 2.33 bits per heavy atom. The van der Waals surface area contributed by atoms with E-state index in [9.17, 15) is 35.4 Å². The standard InChI is InChI=1S/C59H77N3O7/c1-4-5-8-13-39-20-23-45(54(65)31-39)16-11-7-12-17-49(58(67)68)53(64)24-26-59(69)37-42(28-41-25-27-61-56(60)32-41)29-46(59)33-47-34-50(44-14-9-6-10-15-44)57(62-47)52-35-48(63)36-55(66)51(52)30-40-18-21-43(22-19-40)38(2)3/h6,9-10,14-15,18-23,25,27,32,34-36,38-39,42,45-46,49,53-54,62-66,69H,4-5,7-8,11-13,16-17,24,26,28-31,33,37H2,1-3H3,(H2,60,61)(H,67,68)/t39-,42-,45-,46+,49+,53-,54-,59+/m1/s1. The highest BCUT2D eigenvalue weighted by Gasteiger charge is 2.46. The molecule has 0 spiro atoms. The molecule has 2 heterocycles. The number of benzene rings is 3. The number of hydrogen-bond acceptors (Lipinski definition) is 8. The van der Waals surface area contributed by atoms with E-state index in [1.54, 1.807) is 12.3 Å². The summed E-state index contributed by atoms with van der Waals surface area (Å²) in [5.74, 6) is -0.770. The van der Waals surface area contributed by atoms with Gasteiger partial charge >= 0.3 is 5.97 Å². The minimum atomic E-state index is -1.20. The Morgan fingerprint density at radius 2 is 1.62 bits per heavy atom. The Hall–Kier alpha value is -5.42. The van der Waals surface area contributed by atoms with Crippen LogP contribution in [-0.2, 0) is 24.1 Å². The van der Waals surface area contributed by atoms with E-state index < -0.39 is 23.6 Å². The van der Waals surface area contributed by atoms with E-state index in [0.717, 1.165) is 65.7 Å². The van der Waals surface area contributed by atoms with E-state index in [-0.39, 0.29) is 48.2 Å². The number of anilines is 1. The number of aliphatic hydroxyl groups is 3. The van der Waals surface area contributed by atoms with Gasteiger partial charge in [0.2, 0.25) is 0 Å². The first kappa shape index (κ1) is 51.4. The number of carbonyl (C=O) groups is 1. The van der Waals surface area contributed by atoms with Crippen molar-refractivity contribution in [2.75, 3.05) is 5.73 Å². The van der Waals surface area contributed by atoms with Gasteiger partial charge in [-0.15, -0.1) is 0 Å². The number of nitrogens with two attached hydrogens (primary N) is 1. The van der Waals surface area contributed by atoms with Crippen LogP contribution in [0.2, 0.25) is 0 Å². The highest BCUT2D eigenvalue weighted by atomic mass is 16.4. The number of aromatic amines is 1. The zero-order valence-electron chi connectivity index (χ0n) is 41.1. The van der Waals surface area contributed by atoms with Gasteiger partial charge in [0, 0.05) is 47.0 Å². The van der Waals surface area contributed by atoms with Crippen LogP contribution in [0.5, 0.6) is 11.5 Å². The fourth-order valence-electron chi connectivity index (χ4n) is 11.4. The molecule has 0 aliphatic heterocycles. The topological polar surface area (TPSA) is 193 Å². The summed E-state index contributed by atoms with van der Waals surface area (Å²) in [5, 5.41) is 67.9. The monoisotopic (exact) mass is 940 g/mol. The third kappa shape index (κ3) is 13.7. The van der Waals surface area contributed by atoms with Gasteiger partial charge in [-0.05, 0) is 134 Å². The molecule has 370 valence electrons. The lowest BCUT2D eigenvalue weighted by molar-refractivity contribution is -0.146. The number of aliphatic hydroxyl groups excluding tert-OH is 2. The predicted molar refractivity (Wildman–Crippen MR) is 276 cm³/mol. The second-order valence-corrected chi connectivity index (χ2v) is 20.9. The Morgan fingerprint density at radius 1 is 0.855 bits per heavy atom. The molecular formula is C59H77N3O7. The third-order valence-corrected chi connectivity index (χ3v) is 15.4. The van der Waals surface area contributed by atoms with E-state index in [0.29, 0.717) is 73.7 Å². The van der Waals surface area contributed by atoms with Crippen molar-refractivity contribution in [1.82, 2.24) is 9.97 Å². The molecule has 5 aromatic rings. The molecule has 2 aliphatic carbocycles. The molecule has 1 saturated carbocycles. The van der Waals surface area contributed by atoms with Gasteiger partial charge in [-0.25, -0.2) is 4.98 Å². The molecule has 8 atom stereocenters. The first-order valence-electron chi connectivity index (χ1n) is 25.8. The third-order valence-electron chi connectivity index (χ3n) is 15.4. The molecular weight excluding hydrogens is 863 g/mol. The van der Waals surface area contributed by atoms with Gasteiger partial charge in [0.15, 0.2) is 0 Å². The molecule has 7 rings (SSSR count). The SMILES string of the molecule is CCCCC[C@@H]1C=C[C@@H](CCCCC[C@H](C(=O)O)[C@H](O)CC[C@]2(O)C[C@H](Cc3ccnc(N)c3)C[C@H]2Cc2cc(-c3ccccc3)c(-c3cc(O)cc(O)c3Cc3ccc(C(C)C)cc3)[nH]2)[C@H](O)C1. The summed E-state index contributed by atoms with van der Waals surface area (Å²) in [7, 11) is 0. The van der Waals surface area contributed by atoms with Crippen LogP contribution in [0.3, 0.4) is 0 Å². The number of unbranched alkanes of at least 4 members (excludes halogenated alkanes) is 4. The van der Waals surface area contributed by atoms with E-state index in [1.165, 1.54) is 30.9 Å². The lowest BCUT2D eigenvalue weighted by Crippen LogP contribution is -2.37. The largest absolute Gasteiger partial charge is 0.508 e. The number of carboxylic acid groups (broad SMARTS) is 1. The number of pyridine rings is 1. The van der Waals surface area contributed by atoms with Crippen molar-refractivity contribution in [1.29, 1.82) is 0 Å². The number of aromatic hydroxyl groups is 2. The first-order valence-corrected chi connectivity index (χ1v) is 25.8. The number of hydrogen-bond donors (Lipinski definition) is 8. The Bertz CT molecular complexity index is 2450. The zero-order chi connectivity index (χ0) is 49.1. The number of allylic oxidation sites excluding steroid dienone is 1. The minimum absolute atomic E-state index is 0.00104. The average molecular weight is 940 g/mol. The van der Waals surface area contributed by atoms with Crippen molar-refractivity contribution in [3.8, 4) is 33.9 Å². The fourth-order valence-corrected chi connectivity index (χ4v) is 11.4. The van der Waals surface area contributed by atoms with Crippen LogP contribution >= 0.6 is 0 Å². The van der Waals surface area contributed by atoms with Crippen LogP contribution in [0.25, 0.3) is 22.4 Å². The van der Waals surface area contributed by atoms with E-state index >= 15 is 0 Å². The smallest absolute Gasteiger partial charge is 0.309 e. The maximum atomic E-state index is 12.8. The maximum absolute atomic E-state index is 12.8. The number of rotatable bonds is 24. The Balaban J connectivity index is 1.08. The highest BCUT2D eigenvalue weighted by Crippen LogP contribution is 2.48. The summed E-state index contributed by atoms with van der Waals surface area (Å²) in [6.45, 7) is 6.52. The van der Waals surface area contributed by atoms with Gasteiger partial charge in [-0.2, -0.15) is 0 Å². The van der Waals surface area contributed by atoms with E-state index in [1.807, 2.05) is 42.5 Å². The van der Waals surface area contributed by atoms with Crippen molar-refractivity contribution in [2.24, 2.45) is 29.6 Å². The summed E-state index contributed by atoms with van der Waals surface area (Å²) in [4.78, 5) is 20.5. The lowest BCUT2D eigenvalue weighted by Gasteiger charge is -2.32. The van der Waals surface area contributed by atoms with Gasteiger partial charge in [-0.1, -0.05) is 126 Å². The molecule has 10 nitrogen and oxygen atoms in total. The van der Waals surface area contributed by atoms with Crippen LogP contribution in [0.1, 0.15) is 145 Å². The number of nitrogens with one attached hydrogen (secondary N) is 1. The number of nitrogens with zero attached hydrogens (tertiary/aromatic N) is 1. The summed E-state index contributed by atoms with van der Waals surface area (Å²) >= 11 is 0. The molecule has 9 N–H and O–H groups in total. The molecule has 0 unspecified atom stereocenters. The van der Waals surface area contributed by atoms with Gasteiger partial charge < -0.3 is 41.4 Å². The van der Waals surface area contributed by atoms with Crippen LogP contribution in [0.4, 0.5) is 5.82 Å². The molecule has 0 radical (unpaired) electrons. The molecule has 10 heteroatoms. The average Bonchev–Trinajstić information content (AvgIpc) is 3.88. The van der Waals surface area contributed by atoms with Crippen molar-refractivity contribution in [2.45, 2.75) is 154 Å². The number of nitrogen functional groups attached to an aromatic ring is 1. The Kier molecular flexibility index (Phi) is 17.8. The number of phenols is 2. The molecule has 3 aromatic carbocycles. The normalized spacial score (nSPS) is 22.3. The highest BCUT2D eigenvalue weighted by molar-refractivity contribution is 5.85. The molecule has 0 saturated heterocycles. The van der Waals surface area contributed by atoms with Gasteiger partial charge in [-0.3, -0.25) is 4.79 Å². The predicted octanol–water partition coefficient (Wildman–Crippen LogP) is 11.9. The molecule has 1 fully saturated rings. The summed E-state index contributed by atoms with van der Waals surface area (Å²) in [6, 6.07) is 27.4. The second-order valence-electron chi connectivity index (χ2n) is 20.9. The van der Waals surface area contributed by atoms with Crippen molar-refractivity contribution < 1.29 is 35.4 Å². The maximum Gasteiger partial charge on any atom is 0.309 e. The lowest BCUT2D eigenvalue weighted by atomic mass is 9.80. The molecule has 0 bridgehead atoms. The molecule has 0 amide bonds. The number of phenolic OH excluding ortho intramolecular Hbond substituents is 2. The summed E-state index contributed by atoms with van der Waals surface area (Å²) in [5.41, 5.74) is 13.0. The second kappa shape index (κ2) is 23.9. The number of carboxylic acids is 1. The molecule has 69 heavy (non-hydrogen) atoms. The van der Waals surface area contributed by atoms with Gasteiger partial charge in [0.25, 0.3) is 0 Å². The van der Waals surface area contributed by atoms with Crippen molar-refractivity contribution in [3.63, 3.8) is 0 Å². The van der Waals surface area contributed by atoms with E-state index in [2.05, 4.69) is 73.2 Å². The first-order chi connectivity index (χ1) is 33.2. The fraction of sp³-hybridized carbons (Fsp3) is 0.492. The van der Waals surface area contributed by atoms with Crippen LogP contribution in [0, 0.1) is 29.6 Å². The van der Waals surface area contributed by atoms with Crippen LogP contribution in [-0.4, -0.2) is 64.4 Å². The van der Waals surface area contributed by atoms with Crippen molar-refractivity contribution >= 4 is 11.8 Å². The Labute approximate surface area is 409 Å². The zero-order valence-corrected chi connectivity index (χ0v) is 41.1.